The molecule has 1 aromatic heterocycles. The number of carbonyl (C=O) groups excluding carboxylic acids is 1. The van der Waals surface area contributed by atoms with Gasteiger partial charge in [-0.1, -0.05) is 0 Å². The fraction of sp³-hybridized carbons (Fsp3) is 0.200. The van der Waals surface area contributed by atoms with Crippen LogP contribution >= 0.6 is 11.3 Å². The minimum absolute atomic E-state index is 0.0348. The van der Waals surface area contributed by atoms with Crippen LogP contribution in [0, 0.1) is 5.82 Å². The predicted octanol–water partition coefficient (Wildman–Crippen LogP) is 3.19. The van der Waals surface area contributed by atoms with Gasteiger partial charge in [-0.2, -0.15) is 0 Å². The Kier molecular flexibility index (Phi) is 3.60. The summed E-state index contributed by atoms with van der Waals surface area (Å²) in [5.74, 6) is -0.224. The number of thiazole rings is 1. The first-order valence-electron chi connectivity index (χ1n) is 6.41. The number of carbonyl (C=O) groups is 1. The number of likely N-dealkylation sites (tertiary alicyclic amines) is 1. The molecule has 0 bridgehead atoms. The van der Waals surface area contributed by atoms with Gasteiger partial charge in [0, 0.05) is 30.1 Å². The molecule has 1 saturated heterocycles. The Morgan fingerprint density at radius 2 is 2.05 bits per heavy atom. The number of amides is 1. The number of nitrogens with zero attached hydrogens (tertiary/aromatic N) is 2. The summed E-state index contributed by atoms with van der Waals surface area (Å²) in [5.41, 5.74) is 1.63. The molecule has 0 spiro atoms. The average molecular weight is 288 g/mol. The molecule has 102 valence electrons. The highest BCUT2D eigenvalue weighted by Gasteiger charge is 2.17. The Bertz CT molecular complexity index is 644. The molecule has 1 aliphatic heterocycles. The molecule has 1 aromatic carbocycles. The highest BCUT2D eigenvalue weighted by atomic mass is 32.1. The summed E-state index contributed by atoms with van der Waals surface area (Å²) in [5, 5.41) is 2.71. The van der Waals surface area contributed by atoms with Gasteiger partial charge in [-0.05, 0) is 36.8 Å². The van der Waals surface area contributed by atoms with Crippen LogP contribution < -0.4 is 0 Å². The predicted molar refractivity (Wildman–Crippen MR) is 77.7 cm³/mol. The highest BCUT2D eigenvalue weighted by molar-refractivity contribution is 7.13. The van der Waals surface area contributed by atoms with Crippen LogP contribution in [0.4, 0.5) is 4.39 Å². The number of hydrogen-bond donors (Lipinski definition) is 0. The number of benzene rings is 1. The van der Waals surface area contributed by atoms with Crippen molar-refractivity contribution in [1.29, 1.82) is 0 Å². The molecule has 1 aliphatic rings. The molecule has 0 aliphatic carbocycles. The first-order chi connectivity index (χ1) is 9.72. The van der Waals surface area contributed by atoms with Crippen molar-refractivity contribution in [2.24, 2.45) is 0 Å². The Balaban J connectivity index is 1.71. The Labute approximate surface area is 120 Å². The van der Waals surface area contributed by atoms with E-state index in [2.05, 4.69) is 4.98 Å². The van der Waals surface area contributed by atoms with Crippen LogP contribution in [0.15, 0.2) is 35.7 Å². The third-order valence-electron chi connectivity index (χ3n) is 3.18. The fourth-order valence-corrected chi connectivity index (χ4v) is 2.68. The lowest BCUT2D eigenvalue weighted by atomic mass is 10.2. The zero-order chi connectivity index (χ0) is 13.9. The van der Waals surface area contributed by atoms with E-state index in [4.69, 9.17) is 0 Å². The SMILES string of the molecule is O=C(/C=C/c1csc(-c2ccc(F)cc2)n1)N1CCC1. The summed E-state index contributed by atoms with van der Waals surface area (Å²) in [6.07, 6.45) is 4.37. The van der Waals surface area contributed by atoms with Crippen molar-refractivity contribution >= 4 is 23.3 Å². The Morgan fingerprint density at radius 1 is 1.30 bits per heavy atom. The van der Waals surface area contributed by atoms with Crippen LogP contribution in [0.1, 0.15) is 12.1 Å². The third kappa shape index (κ3) is 2.77. The molecule has 20 heavy (non-hydrogen) atoms. The van der Waals surface area contributed by atoms with Gasteiger partial charge in [-0.25, -0.2) is 9.37 Å². The van der Waals surface area contributed by atoms with Gasteiger partial charge in [-0.15, -0.1) is 11.3 Å². The summed E-state index contributed by atoms with van der Waals surface area (Å²) < 4.78 is 12.9. The first-order valence-corrected chi connectivity index (χ1v) is 7.29. The maximum absolute atomic E-state index is 12.9. The van der Waals surface area contributed by atoms with E-state index < -0.39 is 0 Å². The van der Waals surface area contributed by atoms with E-state index in [0.717, 1.165) is 35.8 Å². The largest absolute Gasteiger partial charge is 0.339 e. The second-order valence-electron chi connectivity index (χ2n) is 4.60. The third-order valence-corrected chi connectivity index (χ3v) is 4.09. The maximum atomic E-state index is 12.9. The normalized spacial score (nSPS) is 14.6. The second kappa shape index (κ2) is 5.54. The van der Waals surface area contributed by atoms with Crippen molar-refractivity contribution in [1.82, 2.24) is 9.88 Å². The van der Waals surface area contributed by atoms with Crippen LogP contribution in [0.2, 0.25) is 0 Å². The zero-order valence-corrected chi connectivity index (χ0v) is 11.6. The van der Waals surface area contributed by atoms with Crippen molar-refractivity contribution in [3.8, 4) is 10.6 Å². The molecule has 2 heterocycles. The fourth-order valence-electron chi connectivity index (χ4n) is 1.89. The molecule has 0 atom stereocenters. The maximum Gasteiger partial charge on any atom is 0.246 e. The minimum atomic E-state index is -0.259. The van der Waals surface area contributed by atoms with Crippen molar-refractivity contribution in [2.45, 2.75) is 6.42 Å². The minimum Gasteiger partial charge on any atom is -0.339 e. The van der Waals surface area contributed by atoms with Gasteiger partial charge in [0.05, 0.1) is 5.69 Å². The van der Waals surface area contributed by atoms with Gasteiger partial charge in [-0.3, -0.25) is 4.79 Å². The Morgan fingerprint density at radius 3 is 2.70 bits per heavy atom. The molecule has 2 aromatic rings. The summed E-state index contributed by atoms with van der Waals surface area (Å²) in [4.78, 5) is 17.9. The molecule has 1 amide bonds. The number of hydrogen-bond acceptors (Lipinski definition) is 3. The second-order valence-corrected chi connectivity index (χ2v) is 5.45. The van der Waals surface area contributed by atoms with Crippen molar-refractivity contribution in [3.63, 3.8) is 0 Å². The van der Waals surface area contributed by atoms with Gasteiger partial charge in [0.15, 0.2) is 0 Å². The molecule has 3 rings (SSSR count). The van der Waals surface area contributed by atoms with E-state index in [0.29, 0.717) is 0 Å². The topological polar surface area (TPSA) is 33.2 Å². The Hall–Kier alpha value is -2.01. The smallest absolute Gasteiger partial charge is 0.246 e. The van der Waals surface area contributed by atoms with E-state index >= 15 is 0 Å². The monoisotopic (exact) mass is 288 g/mol. The van der Waals surface area contributed by atoms with E-state index in [9.17, 15) is 9.18 Å². The van der Waals surface area contributed by atoms with E-state index in [-0.39, 0.29) is 11.7 Å². The lowest BCUT2D eigenvalue weighted by Gasteiger charge is -2.29. The van der Waals surface area contributed by atoms with Crippen molar-refractivity contribution in [3.05, 3.63) is 47.2 Å². The molecular formula is C15H13FN2OS. The molecule has 0 radical (unpaired) electrons. The van der Waals surface area contributed by atoms with Crippen molar-refractivity contribution < 1.29 is 9.18 Å². The van der Waals surface area contributed by atoms with Crippen LogP contribution in [-0.2, 0) is 4.79 Å². The number of rotatable bonds is 3. The van der Waals surface area contributed by atoms with Crippen LogP contribution in [-0.4, -0.2) is 28.9 Å². The summed E-state index contributed by atoms with van der Waals surface area (Å²) in [6, 6.07) is 6.24. The van der Waals surface area contributed by atoms with E-state index in [1.807, 2.05) is 5.38 Å². The van der Waals surface area contributed by atoms with E-state index in [1.54, 1.807) is 29.2 Å². The molecule has 0 N–H and O–H groups in total. The molecule has 5 heteroatoms. The highest BCUT2D eigenvalue weighted by Crippen LogP contribution is 2.24. The molecular weight excluding hydrogens is 275 g/mol. The molecule has 1 fully saturated rings. The quantitative estimate of drug-likeness (QED) is 0.813. The molecule has 0 unspecified atom stereocenters. The lowest BCUT2D eigenvalue weighted by molar-refractivity contribution is -0.129. The zero-order valence-electron chi connectivity index (χ0n) is 10.8. The van der Waals surface area contributed by atoms with Crippen LogP contribution in [0.25, 0.3) is 16.6 Å². The van der Waals surface area contributed by atoms with Gasteiger partial charge >= 0.3 is 0 Å². The average Bonchev–Trinajstić information content (AvgIpc) is 2.84. The molecule has 0 saturated carbocycles. The summed E-state index contributed by atoms with van der Waals surface area (Å²) >= 11 is 1.48. The standard InChI is InChI=1S/C15H13FN2OS/c16-12-4-2-11(3-5-12)15-17-13(10-20-15)6-7-14(19)18-8-1-9-18/h2-7,10H,1,8-9H2/b7-6+. The van der Waals surface area contributed by atoms with Gasteiger partial charge < -0.3 is 4.90 Å². The van der Waals surface area contributed by atoms with E-state index in [1.165, 1.54) is 23.5 Å². The van der Waals surface area contributed by atoms with Crippen LogP contribution in [0.5, 0.6) is 0 Å². The van der Waals surface area contributed by atoms with Crippen molar-refractivity contribution in [2.75, 3.05) is 13.1 Å². The van der Waals surface area contributed by atoms with Gasteiger partial charge in [0.1, 0.15) is 10.8 Å². The summed E-state index contributed by atoms with van der Waals surface area (Å²) in [7, 11) is 0. The lowest BCUT2D eigenvalue weighted by Crippen LogP contribution is -2.40. The first kappa shape index (κ1) is 13.0. The number of halogens is 1. The number of aromatic nitrogens is 1. The van der Waals surface area contributed by atoms with Crippen LogP contribution in [0.3, 0.4) is 0 Å². The van der Waals surface area contributed by atoms with Gasteiger partial charge in [0.25, 0.3) is 0 Å². The molecule has 3 nitrogen and oxygen atoms in total. The van der Waals surface area contributed by atoms with Gasteiger partial charge in [0.2, 0.25) is 5.91 Å². The summed E-state index contributed by atoms with van der Waals surface area (Å²) in [6.45, 7) is 1.70.